The summed E-state index contributed by atoms with van der Waals surface area (Å²) in [5, 5.41) is 0. The van der Waals surface area contributed by atoms with Crippen molar-refractivity contribution < 1.29 is 28.5 Å². The third-order valence-corrected chi connectivity index (χ3v) is 6.12. The number of esters is 1. The number of hydrogen-bond acceptors (Lipinski definition) is 6. The standard InChI is InChI=1S/C30H32O6/c1-5-34-29(30(31)35-6-2)17-20-7-9-21(10-8-20)36-16-15-26-24-13-11-22(32-3)18-27(24)28-19-23(33-4)12-14-25(26)28/h7-15,18-19,29H,5-6,16-17H2,1-4H3. The van der Waals surface area contributed by atoms with Gasteiger partial charge in [0.25, 0.3) is 0 Å². The Labute approximate surface area is 212 Å². The Hall–Kier alpha value is -3.77. The average Bonchev–Trinajstić information content (AvgIpc) is 3.21. The fourth-order valence-corrected chi connectivity index (χ4v) is 4.38. The number of carbonyl (C=O) groups is 1. The number of rotatable bonds is 11. The summed E-state index contributed by atoms with van der Waals surface area (Å²) in [4.78, 5) is 12.1. The van der Waals surface area contributed by atoms with Crippen LogP contribution in [0.15, 0.2) is 66.7 Å². The average molecular weight is 489 g/mol. The van der Waals surface area contributed by atoms with E-state index in [9.17, 15) is 4.79 Å². The highest BCUT2D eigenvalue weighted by molar-refractivity contribution is 6.01. The van der Waals surface area contributed by atoms with Gasteiger partial charge in [0.15, 0.2) is 6.10 Å². The SMILES string of the molecule is CCOC(=O)C(Cc1ccc(OCC=C2c3ccc(OC)cc3-c3cc(OC)ccc32)cc1)OCC. The first-order valence-corrected chi connectivity index (χ1v) is 12.1. The Balaban J connectivity index is 1.48. The first kappa shape index (κ1) is 25.3. The van der Waals surface area contributed by atoms with Crippen LogP contribution < -0.4 is 14.2 Å². The maximum atomic E-state index is 12.1. The third kappa shape index (κ3) is 5.55. The van der Waals surface area contributed by atoms with Gasteiger partial charge >= 0.3 is 5.97 Å². The first-order chi connectivity index (χ1) is 17.6. The number of carbonyl (C=O) groups excluding carboxylic acids is 1. The van der Waals surface area contributed by atoms with Crippen LogP contribution in [-0.4, -0.2) is 46.1 Å². The molecule has 36 heavy (non-hydrogen) atoms. The van der Waals surface area contributed by atoms with E-state index in [-0.39, 0.29) is 5.97 Å². The predicted molar refractivity (Wildman–Crippen MR) is 140 cm³/mol. The second kappa shape index (κ2) is 11.8. The van der Waals surface area contributed by atoms with Crippen molar-refractivity contribution in [1.29, 1.82) is 0 Å². The van der Waals surface area contributed by atoms with Crippen LogP contribution in [0, 0.1) is 0 Å². The van der Waals surface area contributed by atoms with Crippen molar-refractivity contribution in [2.45, 2.75) is 26.4 Å². The fraction of sp³-hybridized carbons (Fsp3) is 0.300. The van der Waals surface area contributed by atoms with Crippen LogP contribution in [0.2, 0.25) is 0 Å². The van der Waals surface area contributed by atoms with Gasteiger partial charge in [-0.05, 0) is 89.7 Å². The van der Waals surface area contributed by atoms with Gasteiger partial charge in [0, 0.05) is 13.0 Å². The Morgan fingerprint density at radius 2 is 1.36 bits per heavy atom. The zero-order chi connectivity index (χ0) is 25.5. The van der Waals surface area contributed by atoms with E-state index < -0.39 is 6.10 Å². The maximum absolute atomic E-state index is 12.1. The summed E-state index contributed by atoms with van der Waals surface area (Å²) in [5.74, 6) is 2.05. The van der Waals surface area contributed by atoms with Gasteiger partial charge in [0.1, 0.15) is 23.9 Å². The number of methoxy groups -OCH3 is 2. The van der Waals surface area contributed by atoms with E-state index in [1.165, 1.54) is 0 Å². The quantitative estimate of drug-likeness (QED) is 0.252. The molecule has 0 fully saturated rings. The summed E-state index contributed by atoms with van der Waals surface area (Å²) in [7, 11) is 3.35. The van der Waals surface area contributed by atoms with Crippen molar-refractivity contribution in [2.75, 3.05) is 34.0 Å². The molecular weight excluding hydrogens is 456 g/mol. The minimum atomic E-state index is -0.605. The highest BCUT2D eigenvalue weighted by Crippen LogP contribution is 2.46. The van der Waals surface area contributed by atoms with Crippen molar-refractivity contribution in [3.63, 3.8) is 0 Å². The van der Waals surface area contributed by atoms with Crippen LogP contribution in [0.3, 0.4) is 0 Å². The van der Waals surface area contributed by atoms with Crippen LogP contribution in [0.1, 0.15) is 30.5 Å². The molecule has 4 rings (SSSR count). The van der Waals surface area contributed by atoms with Gasteiger partial charge < -0.3 is 23.7 Å². The Morgan fingerprint density at radius 1 is 0.778 bits per heavy atom. The van der Waals surface area contributed by atoms with Crippen molar-refractivity contribution in [2.24, 2.45) is 0 Å². The molecule has 6 nitrogen and oxygen atoms in total. The normalized spacial score (nSPS) is 12.4. The monoisotopic (exact) mass is 488 g/mol. The second-order valence-corrected chi connectivity index (χ2v) is 8.30. The number of ether oxygens (including phenoxy) is 5. The molecule has 3 aromatic carbocycles. The predicted octanol–water partition coefficient (Wildman–Crippen LogP) is 5.71. The van der Waals surface area contributed by atoms with Crippen molar-refractivity contribution in [3.8, 4) is 28.4 Å². The Bertz CT molecular complexity index is 1170. The highest BCUT2D eigenvalue weighted by Gasteiger charge is 2.24. The lowest BCUT2D eigenvalue weighted by Gasteiger charge is -2.15. The summed E-state index contributed by atoms with van der Waals surface area (Å²) >= 11 is 0. The zero-order valence-corrected chi connectivity index (χ0v) is 21.2. The van der Waals surface area contributed by atoms with Crippen LogP contribution >= 0.6 is 0 Å². The van der Waals surface area contributed by atoms with Gasteiger partial charge in [-0.2, -0.15) is 0 Å². The molecule has 1 unspecified atom stereocenters. The molecule has 0 aliphatic heterocycles. The van der Waals surface area contributed by atoms with Gasteiger partial charge in [-0.3, -0.25) is 0 Å². The lowest BCUT2D eigenvalue weighted by Crippen LogP contribution is -2.28. The van der Waals surface area contributed by atoms with Crippen molar-refractivity contribution in [3.05, 3.63) is 83.4 Å². The second-order valence-electron chi connectivity index (χ2n) is 8.30. The molecule has 0 amide bonds. The van der Waals surface area contributed by atoms with Crippen molar-refractivity contribution in [1.82, 2.24) is 0 Å². The molecule has 0 saturated heterocycles. The van der Waals surface area contributed by atoms with Crippen LogP contribution in [0.4, 0.5) is 0 Å². The molecule has 0 radical (unpaired) electrons. The van der Waals surface area contributed by atoms with Gasteiger partial charge in [0.05, 0.1) is 20.8 Å². The number of hydrogen-bond donors (Lipinski definition) is 0. The van der Waals surface area contributed by atoms with Crippen molar-refractivity contribution >= 4 is 11.5 Å². The van der Waals surface area contributed by atoms with Crippen LogP contribution in [0.25, 0.3) is 16.7 Å². The van der Waals surface area contributed by atoms with Gasteiger partial charge in [0.2, 0.25) is 0 Å². The number of fused-ring (bicyclic) bond motifs is 3. The zero-order valence-electron chi connectivity index (χ0n) is 21.2. The van der Waals surface area contributed by atoms with Crippen LogP contribution in [0.5, 0.6) is 17.2 Å². The van der Waals surface area contributed by atoms with E-state index in [0.717, 1.165) is 50.6 Å². The van der Waals surface area contributed by atoms with Crippen LogP contribution in [-0.2, 0) is 20.7 Å². The molecule has 6 heteroatoms. The topological polar surface area (TPSA) is 63.2 Å². The Morgan fingerprint density at radius 3 is 1.89 bits per heavy atom. The molecule has 3 aromatic rings. The summed E-state index contributed by atoms with van der Waals surface area (Å²) in [6.45, 7) is 4.85. The van der Waals surface area contributed by atoms with E-state index >= 15 is 0 Å². The first-order valence-electron chi connectivity index (χ1n) is 12.1. The summed E-state index contributed by atoms with van der Waals surface area (Å²) in [5.41, 5.74) is 6.61. The summed E-state index contributed by atoms with van der Waals surface area (Å²) < 4.78 is 27.6. The van der Waals surface area contributed by atoms with Gasteiger partial charge in [-0.15, -0.1) is 0 Å². The fourth-order valence-electron chi connectivity index (χ4n) is 4.38. The van der Waals surface area contributed by atoms with E-state index in [1.54, 1.807) is 21.1 Å². The molecule has 0 N–H and O–H groups in total. The molecule has 0 heterocycles. The molecule has 1 atom stereocenters. The summed E-state index contributed by atoms with van der Waals surface area (Å²) in [6.07, 6.45) is 1.95. The van der Waals surface area contributed by atoms with E-state index in [2.05, 4.69) is 30.3 Å². The minimum absolute atomic E-state index is 0.334. The Kier molecular flexibility index (Phi) is 8.28. The van der Waals surface area contributed by atoms with Gasteiger partial charge in [-0.25, -0.2) is 4.79 Å². The third-order valence-electron chi connectivity index (χ3n) is 6.12. The van der Waals surface area contributed by atoms with Gasteiger partial charge in [-0.1, -0.05) is 24.3 Å². The molecule has 0 aromatic heterocycles. The molecule has 1 aliphatic rings. The molecule has 0 spiro atoms. The van der Waals surface area contributed by atoms with E-state index in [4.69, 9.17) is 23.7 Å². The minimum Gasteiger partial charge on any atom is -0.497 e. The smallest absolute Gasteiger partial charge is 0.335 e. The van der Waals surface area contributed by atoms with E-state index in [0.29, 0.717) is 26.2 Å². The number of benzene rings is 3. The molecular formula is C30H32O6. The maximum Gasteiger partial charge on any atom is 0.335 e. The summed E-state index contributed by atoms with van der Waals surface area (Å²) in [6, 6.07) is 19.9. The largest absolute Gasteiger partial charge is 0.497 e. The highest BCUT2D eigenvalue weighted by atomic mass is 16.6. The lowest BCUT2D eigenvalue weighted by atomic mass is 10.0. The lowest BCUT2D eigenvalue weighted by molar-refractivity contribution is -0.156. The molecule has 0 bridgehead atoms. The van der Waals surface area contributed by atoms with E-state index in [1.807, 2.05) is 43.3 Å². The molecule has 188 valence electrons. The molecule has 1 aliphatic carbocycles. The molecule has 0 saturated carbocycles.